The molecular weight excluding hydrogens is 411 g/mol. The van der Waals surface area contributed by atoms with Gasteiger partial charge in [-0.15, -0.1) is 16.2 Å². The highest BCUT2D eigenvalue weighted by molar-refractivity contribution is 7.89. The van der Waals surface area contributed by atoms with Crippen molar-refractivity contribution in [2.45, 2.75) is 11.8 Å². The zero-order valence-corrected chi connectivity index (χ0v) is 16.4. The highest BCUT2D eigenvalue weighted by Crippen LogP contribution is 2.28. The molecule has 0 unspecified atom stereocenters. The Bertz CT molecular complexity index is 1100. The number of hydrogen-bond donors (Lipinski definition) is 2. The number of thiophene rings is 1. The van der Waals surface area contributed by atoms with E-state index in [1.165, 1.54) is 17.4 Å². The molecule has 0 saturated heterocycles. The van der Waals surface area contributed by atoms with Gasteiger partial charge in [0.25, 0.3) is 15.9 Å². The molecule has 140 valence electrons. The Morgan fingerprint density at radius 1 is 1.11 bits per heavy atom. The lowest BCUT2D eigenvalue weighted by atomic mass is 10.1. The van der Waals surface area contributed by atoms with E-state index in [2.05, 4.69) is 5.43 Å². The molecule has 27 heavy (non-hydrogen) atoms. The average molecular weight is 425 g/mol. The summed E-state index contributed by atoms with van der Waals surface area (Å²) < 4.78 is 38.3. The highest BCUT2D eigenvalue weighted by Gasteiger charge is 2.22. The van der Waals surface area contributed by atoms with Gasteiger partial charge < -0.3 is 0 Å². The fraction of sp³-hybridized carbons (Fsp3) is 0.0556. The number of carbonyl (C=O) groups is 1. The maximum atomic E-state index is 13.8. The van der Waals surface area contributed by atoms with E-state index in [1.54, 1.807) is 11.4 Å². The van der Waals surface area contributed by atoms with Crippen molar-refractivity contribution in [1.82, 2.24) is 10.3 Å². The van der Waals surface area contributed by atoms with Crippen LogP contribution in [0.25, 0.3) is 11.1 Å². The predicted molar refractivity (Wildman–Crippen MR) is 104 cm³/mol. The van der Waals surface area contributed by atoms with Crippen LogP contribution >= 0.6 is 22.9 Å². The van der Waals surface area contributed by atoms with Crippen molar-refractivity contribution >= 4 is 38.9 Å². The fourth-order valence-corrected chi connectivity index (χ4v) is 4.23. The quantitative estimate of drug-likeness (QED) is 0.604. The molecule has 2 N–H and O–H groups in total. The summed E-state index contributed by atoms with van der Waals surface area (Å²) in [5, 5.41) is 1.80. The molecule has 0 atom stereocenters. The van der Waals surface area contributed by atoms with Gasteiger partial charge in [0.2, 0.25) is 0 Å². The first kappa shape index (κ1) is 19.5. The number of carbonyl (C=O) groups excluding carboxylic acids is 1. The van der Waals surface area contributed by atoms with Crippen LogP contribution in [0.4, 0.5) is 4.39 Å². The zero-order chi connectivity index (χ0) is 19.6. The minimum Gasteiger partial charge on any atom is -0.273 e. The smallest absolute Gasteiger partial charge is 0.273 e. The first-order chi connectivity index (χ1) is 12.8. The molecule has 0 saturated carbocycles. The van der Waals surface area contributed by atoms with Crippen LogP contribution in [0.15, 0.2) is 58.8 Å². The van der Waals surface area contributed by atoms with E-state index < -0.39 is 26.6 Å². The molecule has 0 bridgehead atoms. The number of nitrogens with one attached hydrogen (secondary N) is 2. The second kappa shape index (κ2) is 7.77. The number of hydrazine groups is 1. The molecule has 1 amide bonds. The van der Waals surface area contributed by atoms with Crippen molar-refractivity contribution in [3.63, 3.8) is 0 Å². The molecule has 2 aromatic carbocycles. The fourth-order valence-electron chi connectivity index (χ4n) is 2.36. The maximum Gasteiger partial charge on any atom is 0.276 e. The number of aryl methyl sites for hydroxylation is 1. The Kier molecular flexibility index (Phi) is 5.61. The summed E-state index contributed by atoms with van der Waals surface area (Å²) >= 11 is 6.79. The van der Waals surface area contributed by atoms with Crippen molar-refractivity contribution in [2.75, 3.05) is 0 Å². The topological polar surface area (TPSA) is 75.3 Å². The second-order valence-electron chi connectivity index (χ2n) is 5.66. The molecule has 0 aliphatic rings. The third kappa shape index (κ3) is 4.36. The summed E-state index contributed by atoms with van der Waals surface area (Å²) in [6.45, 7) is 1.95. The van der Waals surface area contributed by atoms with Gasteiger partial charge in [0.15, 0.2) is 0 Å². The predicted octanol–water partition coefficient (Wildman–Crippen LogP) is 4.14. The van der Waals surface area contributed by atoms with Gasteiger partial charge in [-0.1, -0.05) is 41.4 Å². The highest BCUT2D eigenvalue weighted by atomic mass is 35.5. The summed E-state index contributed by atoms with van der Waals surface area (Å²) in [4.78, 5) is 14.1. The van der Waals surface area contributed by atoms with Crippen molar-refractivity contribution in [2.24, 2.45) is 0 Å². The van der Waals surface area contributed by atoms with E-state index in [9.17, 15) is 17.6 Å². The third-order valence-corrected chi connectivity index (χ3v) is 6.15. The van der Waals surface area contributed by atoms with E-state index >= 15 is 0 Å². The summed E-state index contributed by atoms with van der Waals surface area (Å²) in [7, 11) is -4.29. The van der Waals surface area contributed by atoms with E-state index in [1.807, 2.05) is 36.0 Å². The lowest BCUT2D eigenvalue weighted by Gasteiger charge is -2.10. The Morgan fingerprint density at radius 3 is 2.48 bits per heavy atom. The van der Waals surface area contributed by atoms with Gasteiger partial charge in [0.1, 0.15) is 15.6 Å². The molecule has 0 spiro atoms. The normalized spacial score (nSPS) is 11.4. The van der Waals surface area contributed by atoms with E-state index in [-0.39, 0.29) is 5.02 Å². The monoisotopic (exact) mass is 424 g/mol. The number of halogens is 2. The third-order valence-electron chi connectivity index (χ3n) is 3.72. The number of hydrogen-bond acceptors (Lipinski definition) is 4. The van der Waals surface area contributed by atoms with Gasteiger partial charge in [0.05, 0.1) is 0 Å². The molecule has 0 aliphatic carbocycles. The van der Waals surface area contributed by atoms with Gasteiger partial charge in [-0.2, -0.15) is 0 Å². The Hall–Kier alpha value is -2.26. The summed E-state index contributed by atoms with van der Waals surface area (Å²) in [6, 6.07) is 12.5. The molecule has 0 aliphatic heterocycles. The Labute approximate surface area is 164 Å². The molecule has 3 aromatic rings. The van der Waals surface area contributed by atoms with Crippen molar-refractivity contribution < 1.29 is 17.6 Å². The Balaban J connectivity index is 1.79. The lowest BCUT2D eigenvalue weighted by molar-refractivity contribution is 0.0949. The second-order valence-corrected chi connectivity index (χ2v) is 8.67. The average Bonchev–Trinajstić information content (AvgIpc) is 3.10. The van der Waals surface area contributed by atoms with E-state index in [0.717, 1.165) is 23.3 Å². The molecule has 0 fully saturated rings. The number of rotatable bonds is 5. The molecular formula is C18H14ClFN2O3S2. The Morgan fingerprint density at radius 2 is 1.81 bits per heavy atom. The molecule has 9 heteroatoms. The molecule has 1 heterocycles. The zero-order valence-electron chi connectivity index (χ0n) is 14.0. The standard InChI is InChI=1S/C18H14ClFN2O3S2/c1-11-2-4-12(5-3-11)14-8-9-26-17(14)18(23)21-22-27(24,25)16-7-6-13(19)10-15(16)20/h2-10,22H,1H3,(H,21,23). The molecule has 3 rings (SSSR count). The van der Waals surface area contributed by atoms with Gasteiger partial charge in [-0.25, -0.2) is 12.8 Å². The number of amides is 1. The molecule has 5 nitrogen and oxygen atoms in total. The first-order valence-corrected chi connectivity index (χ1v) is 10.4. The number of sulfonamides is 1. The summed E-state index contributed by atoms with van der Waals surface area (Å²) in [5.74, 6) is -1.65. The van der Waals surface area contributed by atoms with Crippen LogP contribution in [0.2, 0.25) is 5.02 Å². The van der Waals surface area contributed by atoms with E-state index in [0.29, 0.717) is 10.4 Å². The van der Waals surface area contributed by atoms with Crippen LogP contribution in [0.3, 0.4) is 0 Å². The van der Waals surface area contributed by atoms with E-state index in [4.69, 9.17) is 11.6 Å². The van der Waals surface area contributed by atoms with Crippen molar-refractivity contribution in [3.8, 4) is 11.1 Å². The minimum atomic E-state index is -4.29. The molecule has 1 aromatic heterocycles. The summed E-state index contributed by atoms with van der Waals surface area (Å²) in [6.07, 6.45) is 0. The minimum absolute atomic E-state index is 0.0665. The van der Waals surface area contributed by atoms with Crippen LogP contribution < -0.4 is 10.3 Å². The summed E-state index contributed by atoms with van der Waals surface area (Å²) in [5.41, 5.74) is 4.71. The van der Waals surface area contributed by atoms with Gasteiger partial charge in [0, 0.05) is 10.6 Å². The van der Waals surface area contributed by atoms with Crippen LogP contribution in [0, 0.1) is 12.7 Å². The van der Waals surface area contributed by atoms with Gasteiger partial charge in [-0.3, -0.25) is 10.2 Å². The molecule has 0 radical (unpaired) electrons. The van der Waals surface area contributed by atoms with Crippen LogP contribution in [-0.2, 0) is 10.0 Å². The first-order valence-electron chi connectivity index (χ1n) is 7.69. The SMILES string of the molecule is Cc1ccc(-c2ccsc2C(=O)NNS(=O)(=O)c2ccc(Cl)cc2F)cc1. The van der Waals surface area contributed by atoms with Crippen LogP contribution in [0.1, 0.15) is 15.2 Å². The lowest BCUT2D eigenvalue weighted by Crippen LogP contribution is -2.41. The number of benzene rings is 2. The van der Waals surface area contributed by atoms with Crippen LogP contribution in [0.5, 0.6) is 0 Å². The van der Waals surface area contributed by atoms with Crippen molar-refractivity contribution in [1.29, 1.82) is 0 Å². The van der Waals surface area contributed by atoms with Crippen LogP contribution in [-0.4, -0.2) is 14.3 Å². The van der Waals surface area contributed by atoms with Gasteiger partial charge >= 0.3 is 0 Å². The van der Waals surface area contributed by atoms with Crippen molar-refractivity contribution in [3.05, 3.63) is 75.2 Å². The largest absolute Gasteiger partial charge is 0.276 e. The van der Waals surface area contributed by atoms with Gasteiger partial charge in [-0.05, 0) is 42.1 Å². The maximum absolute atomic E-state index is 13.8.